The monoisotopic (exact) mass is 357 g/mol. The summed E-state index contributed by atoms with van der Waals surface area (Å²) in [4.78, 5) is 12.4. The molecule has 2 nitrogen and oxygen atoms in total. The number of carbonyl (C=O) groups excluding carboxylic acids is 1. The molecule has 24 heavy (non-hydrogen) atoms. The first-order chi connectivity index (χ1) is 11.8. The lowest BCUT2D eigenvalue weighted by atomic mass is 10.1. The second kappa shape index (κ2) is 8.63. The van der Waals surface area contributed by atoms with Crippen LogP contribution in [-0.2, 0) is 6.42 Å². The van der Waals surface area contributed by atoms with Crippen LogP contribution in [0.3, 0.4) is 0 Å². The lowest BCUT2D eigenvalue weighted by Crippen LogP contribution is -2.12. The first-order valence-electron chi connectivity index (χ1n) is 8.49. The van der Waals surface area contributed by atoms with Gasteiger partial charge in [0.1, 0.15) is 0 Å². The van der Waals surface area contributed by atoms with Gasteiger partial charge in [0.2, 0.25) is 0 Å². The average Bonchev–Trinajstić information content (AvgIpc) is 2.64. The van der Waals surface area contributed by atoms with Crippen LogP contribution >= 0.6 is 23.5 Å². The summed E-state index contributed by atoms with van der Waals surface area (Å²) >= 11 is 4.00. The predicted molar refractivity (Wildman–Crippen MR) is 107 cm³/mol. The van der Waals surface area contributed by atoms with Crippen LogP contribution in [0.2, 0.25) is 0 Å². The number of anilines is 1. The maximum atomic E-state index is 12.4. The number of hydrogen-bond acceptors (Lipinski definition) is 3. The zero-order valence-corrected chi connectivity index (χ0v) is 15.6. The number of carbonyl (C=O) groups is 1. The lowest BCUT2D eigenvalue weighted by Gasteiger charge is -2.21. The standard InChI is InChI=1S/C20H23NOS2/c1-2-4-15-5-11-18(12-6-15)21-19(22)16-7-9-17(10-8-16)20-23-13-3-14-24-20/h5-12,20H,2-4,13-14H2,1H3,(H,21,22). The molecule has 1 amide bonds. The number of aryl methyl sites for hydroxylation is 1. The Kier molecular flexibility index (Phi) is 6.27. The second-order valence-electron chi connectivity index (χ2n) is 5.95. The fourth-order valence-electron chi connectivity index (χ4n) is 2.72. The Labute approximate surface area is 152 Å². The highest BCUT2D eigenvalue weighted by Crippen LogP contribution is 2.43. The first-order valence-corrected chi connectivity index (χ1v) is 10.6. The van der Waals surface area contributed by atoms with E-state index in [1.165, 1.54) is 29.1 Å². The van der Waals surface area contributed by atoms with E-state index in [9.17, 15) is 4.79 Å². The first kappa shape index (κ1) is 17.4. The van der Waals surface area contributed by atoms with Crippen LogP contribution in [0.5, 0.6) is 0 Å². The Bertz CT molecular complexity index is 661. The van der Waals surface area contributed by atoms with Gasteiger partial charge in [0.25, 0.3) is 5.91 Å². The maximum Gasteiger partial charge on any atom is 0.255 e. The van der Waals surface area contributed by atoms with Gasteiger partial charge < -0.3 is 5.32 Å². The Morgan fingerprint density at radius 2 is 1.71 bits per heavy atom. The van der Waals surface area contributed by atoms with E-state index in [-0.39, 0.29) is 5.91 Å². The smallest absolute Gasteiger partial charge is 0.255 e. The molecule has 0 radical (unpaired) electrons. The highest BCUT2D eigenvalue weighted by molar-refractivity contribution is 8.16. The minimum absolute atomic E-state index is 0.0475. The minimum atomic E-state index is -0.0475. The molecular weight excluding hydrogens is 334 g/mol. The van der Waals surface area contributed by atoms with Crippen molar-refractivity contribution in [3.63, 3.8) is 0 Å². The molecule has 2 aromatic rings. The Hall–Kier alpha value is -1.39. The third kappa shape index (κ3) is 4.58. The average molecular weight is 358 g/mol. The van der Waals surface area contributed by atoms with Gasteiger partial charge in [-0.3, -0.25) is 4.79 Å². The number of hydrogen-bond donors (Lipinski definition) is 1. The summed E-state index contributed by atoms with van der Waals surface area (Å²) in [6.07, 6.45) is 3.51. The molecule has 1 N–H and O–H groups in total. The number of benzene rings is 2. The van der Waals surface area contributed by atoms with E-state index in [1.54, 1.807) is 0 Å². The summed E-state index contributed by atoms with van der Waals surface area (Å²) in [5.41, 5.74) is 4.18. The van der Waals surface area contributed by atoms with Crippen molar-refractivity contribution >= 4 is 35.1 Å². The van der Waals surface area contributed by atoms with E-state index in [2.05, 4.69) is 36.5 Å². The van der Waals surface area contributed by atoms with Crippen LogP contribution < -0.4 is 5.32 Å². The van der Waals surface area contributed by atoms with Crippen LogP contribution in [-0.4, -0.2) is 17.4 Å². The Morgan fingerprint density at radius 1 is 1.04 bits per heavy atom. The molecule has 2 aromatic carbocycles. The number of nitrogens with one attached hydrogen (secondary N) is 1. The highest BCUT2D eigenvalue weighted by Gasteiger charge is 2.17. The van der Waals surface area contributed by atoms with Crippen LogP contribution in [0.15, 0.2) is 48.5 Å². The summed E-state index contributed by atoms with van der Waals surface area (Å²) in [5.74, 6) is 2.41. The van der Waals surface area contributed by atoms with Crippen molar-refractivity contribution < 1.29 is 4.79 Å². The molecule has 3 rings (SSSR count). The van der Waals surface area contributed by atoms with Crippen molar-refractivity contribution in [3.8, 4) is 0 Å². The van der Waals surface area contributed by atoms with Crippen LogP contribution in [0.1, 0.15) is 45.8 Å². The molecule has 126 valence electrons. The Morgan fingerprint density at radius 3 is 2.33 bits per heavy atom. The van der Waals surface area contributed by atoms with E-state index in [0.29, 0.717) is 10.1 Å². The molecule has 0 spiro atoms. The summed E-state index contributed by atoms with van der Waals surface area (Å²) < 4.78 is 0.516. The van der Waals surface area contributed by atoms with E-state index in [0.717, 1.165) is 18.5 Å². The minimum Gasteiger partial charge on any atom is -0.322 e. The van der Waals surface area contributed by atoms with E-state index < -0.39 is 0 Å². The van der Waals surface area contributed by atoms with Gasteiger partial charge in [-0.05, 0) is 59.7 Å². The molecule has 0 unspecified atom stereocenters. The molecule has 1 saturated heterocycles. The van der Waals surface area contributed by atoms with Crippen molar-refractivity contribution in [1.82, 2.24) is 0 Å². The van der Waals surface area contributed by atoms with Gasteiger partial charge in [0.05, 0.1) is 4.58 Å². The third-order valence-electron chi connectivity index (χ3n) is 4.02. The SMILES string of the molecule is CCCc1ccc(NC(=O)c2ccc(C3SCCCS3)cc2)cc1. The molecule has 1 fully saturated rings. The molecule has 0 atom stereocenters. The molecule has 0 saturated carbocycles. The summed E-state index contributed by atoms with van der Waals surface area (Å²) in [6, 6.07) is 16.2. The van der Waals surface area contributed by atoms with Crippen molar-refractivity contribution in [2.24, 2.45) is 0 Å². The molecule has 1 aliphatic heterocycles. The van der Waals surface area contributed by atoms with Gasteiger partial charge in [-0.2, -0.15) is 0 Å². The number of rotatable bonds is 5. The largest absolute Gasteiger partial charge is 0.322 e. The zero-order valence-electron chi connectivity index (χ0n) is 14.0. The van der Waals surface area contributed by atoms with E-state index >= 15 is 0 Å². The summed E-state index contributed by atoms with van der Waals surface area (Å²) in [6.45, 7) is 2.17. The molecule has 1 aliphatic rings. The van der Waals surface area contributed by atoms with Crippen molar-refractivity contribution in [3.05, 3.63) is 65.2 Å². The lowest BCUT2D eigenvalue weighted by molar-refractivity contribution is 0.102. The fourth-order valence-corrected chi connectivity index (χ4v) is 5.61. The van der Waals surface area contributed by atoms with Crippen molar-refractivity contribution in [2.45, 2.75) is 30.8 Å². The maximum absolute atomic E-state index is 12.4. The van der Waals surface area contributed by atoms with E-state index in [4.69, 9.17) is 0 Å². The van der Waals surface area contributed by atoms with Crippen molar-refractivity contribution in [2.75, 3.05) is 16.8 Å². The van der Waals surface area contributed by atoms with Gasteiger partial charge in [-0.1, -0.05) is 37.6 Å². The quantitative estimate of drug-likeness (QED) is 0.737. The van der Waals surface area contributed by atoms with Crippen molar-refractivity contribution in [1.29, 1.82) is 0 Å². The highest BCUT2D eigenvalue weighted by atomic mass is 32.2. The normalized spacial score (nSPS) is 15.2. The molecular formula is C20H23NOS2. The van der Waals surface area contributed by atoms with E-state index in [1.807, 2.05) is 47.8 Å². The Balaban J connectivity index is 1.62. The van der Waals surface area contributed by atoms with Gasteiger partial charge in [0, 0.05) is 11.3 Å². The third-order valence-corrected chi connectivity index (χ3v) is 7.04. The molecule has 0 aromatic heterocycles. The fraction of sp³-hybridized carbons (Fsp3) is 0.350. The number of thioether (sulfide) groups is 2. The molecule has 0 aliphatic carbocycles. The molecule has 0 bridgehead atoms. The van der Waals surface area contributed by atoms with Gasteiger partial charge >= 0.3 is 0 Å². The van der Waals surface area contributed by atoms with Gasteiger partial charge in [-0.15, -0.1) is 23.5 Å². The number of amides is 1. The van der Waals surface area contributed by atoms with Gasteiger partial charge in [0.15, 0.2) is 0 Å². The van der Waals surface area contributed by atoms with Crippen LogP contribution in [0.4, 0.5) is 5.69 Å². The van der Waals surface area contributed by atoms with Crippen LogP contribution in [0.25, 0.3) is 0 Å². The topological polar surface area (TPSA) is 29.1 Å². The zero-order chi connectivity index (χ0) is 16.8. The predicted octanol–water partition coefficient (Wildman–Crippen LogP) is 5.76. The van der Waals surface area contributed by atoms with Gasteiger partial charge in [-0.25, -0.2) is 0 Å². The molecule has 1 heterocycles. The van der Waals surface area contributed by atoms with Crippen LogP contribution in [0, 0.1) is 0 Å². The molecule has 4 heteroatoms. The summed E-state index contributed by atoms with van der Waals surface area (Å²) in [7, 11) is 0. The second-order valence-corrected chi connectivity index (χ2v) is 8.67. The summed E-state index contributed by atoms with van der Waals surface area (Å²) in [5, 5.41) is 2.98.